The van der Waals surface area contributed by atoms with Crippen LogP contribution in [0.4, 0.5) is 0 Å². The lowest BCUT2D eigenvalue weighted by Gasteiger charge is -2.15. The van der Waals surface area contributed by atoms with E-state index in [4.69, 9.17) is 16.2 Å². The van der Waals surface area contributed by atoms with Crippen molar-refractivity contribution in [3.05, 3.63) is 0 Å². The molecule has 0 aromatic carbocycles. The number of hydrogen-bond donors (Lipinski definition) is 3. The minimum atomic E-state index is 0.288. The van der Waals surface area contributed by atoms with Gasteiger partial charge in [-0.25, -0.2) is 0 Å². The van der Waals surface area contributed by atoms with E-state index in [1.165, 1.54) is 6.42 Å². The third kappa shape index (κ3) is 4.07. The Labute approximate surface area is 85.6 Å². The van der Waals surface area contributed by atoms with Gasteiger partial charge in [0.15, 0.2) is 0 Å². The van der Waals surface area contributed by atoms with E-state index in [0.717, 1.165) is 32.5 Å². The number of aliphatic hydroxyl groups excluding tert-OH is 1. The molecule has 0 aliphatic carbocycles. The Morgan fingerprint density at radius 3 is 3.00 bits per heavy atom. The first kappa shape index (κ1) is 11.5. The molecular weight excluding hydrogens is 178 g/mol. The molecule has 0 saturated carbocycles. The van der Waals surface area contributed by atoms with Gasteiger partial charge in [-0.15, -0.1) is 0 Å². The van der Waals surface area contributed by atoms with Crippen molar-refractivity contribution in [1.82, 2.24) is 4.90 Å². The number of aliphatic hydroxyl groups is 1. The Bertz CT molecular complexity index is 184. The molecule has 0 amide bonds. The average molecular weight is 199 g/mol. The molecule has 1 heterocycles. The van der Waals surface area contributed by atoms with Gasteiger partial charge in [-0.05, 0) is 38.3 Å². The summed E-state index contributed by atoms with van der Waals surface area (Å²) >= 11 is 0. The van der Waals surface area contributed by atoms with Gasteiger partial charge in [-0.3, -0.25) is 5.41 Å². The van der Waals surface area contributed by atoms with Gasteiger partial charge in [0.25, 0.3) is 0 Å². The summed E-state index contributed by atoms with van der Waals surface area (Å²) in [6, 6.07) is 0. The summed E-state index contributed by atoms with van der Waals surface area (Å²) in [6.07, 6.45) is 3.84. The molecule has 1 saturated heterocycles. The Balaban J connectivity index is 2.07. The number of hydrogen-bond acceptors (Lipinski definition) is 3. The zero-order valence-electron chi connectivity index (χ0n) is 8.71. The summed E-state index contributed by atoms with van der Waals surface area (Å²) in [5.41, 5.74) is 5.28. The largest absolute Gasteiger partial charge is 0.396 e. The van der Waals surface area contributed by atoms with Crippen molar-refractivity contribution in [1.29, 1.82) is 5.41 Å². The van der Waals surface area contributed by atoms with Crippen molar-refractivity contribution < 1.29 is 5.11 Å². The number of nitrogens with one attached hydrogen (secondary N) is 1. The van der Waals surface area contributed by atoms with Crippen LogP contribution in [-0.2, 0) is 0 Å². The summed E-state index contributed by atoms with van der Waals surface area (Å²) in [7, 11) is 0. The highest BCUT2D eigenvalue weighted by molar-refractivity contribution is 5.76. The SMILES string of the molecule is N=C(N)CCCN1CCC(CCO)C1. The van der Waals surface area contributed by atoms with Crippen molar-refractivity contribution in [2.45, 2.75) is 25.7 Å². The fourth-order valence-corrected chi connectivity index (χ4v) is 2.03. The molecule has 1 fully saturated rings. The summed E-state index contributed by atoms with van der Waals surface area (Å²) in [6.45, 7) is 3.61. The molecule has 1 atom stereocenters. The van der Waals surface area contributed by atoms with E-state index >= 15 is 0 Å². The number of amidine groups is 1. The second kappa shape index (κ2) is 5.98. The second-order valence-corrected chi connectivity index (χ2v) is 4.10. The molecule has 82 valence electrons. The van der Waals surface area contributed by atoms with Gasteiger partial charge in [0.05, 0.1) is 5.84 Å². The number of likely N-dealkylation sites (tertiary alicyclic amines) is 1. The van der Waals surface area contributed by atoms with E-state index in [-0.39, 0.29) is 5.84 Å². The molecular formula is C10H21N3O. The second-order valence-electron chi connectivity index (χ2n) is 4.10. The predicted molar refractivity (Wildman–Crippen MR) is 57.4 cm³/mol. The van der Waals surface area contributed by atoms with E-state index in [1.807, 2.05) is 0 Å². The van der Waals surface area contributed by atoms with Crippen molar-refractivity contribution in [3.63, 3.8) is 0 Å². The van der Waals surface area contributed by atoms with Crippen LogP contribution in [-0.4, -0.2) is 42.1 Å². The monoisotopic (exact) mass is 199 g/mol. The summed E-state index contributed by atoms with van der Waals surface area (Å²) in [5, 5.41) is 15.9. The molecule has 1 aliphatic rings. The molecule has 0 aromatic rings. The Kier molecular flexibility index (Phi) is 4.90. The van der Waals surface area contributed by atoms with Gasteiger partial charge < -0.3 is 15.7 Å². The highest BCUT2D eigenvalue weighted by Gasteiger charge is 2.20. The van der Waals surface area contributed by atoms with E-state index in [1.54, 1.807) is 0 Å². The molecule has 1 rings (SSSR count). The molecule has 0 bridgehead atoms. The van der Waals surface area contributed by atoms with Crippen LogP contribution in [0.25, 0.3) is 0 Å². The van der Waals surface area contributed by atoms with Gasteiger partial charge in [0, 0.05) is 19.6 Å². The van der Waals surface area contributed by atoms with Gasteiger partial charge in [0.1, 0.15) is 0 Å². The molecule has 4 heteroatoms. The Hall–Kier alpha value is -0.610. The third-order valence-electron chi connectivity index (χ3n) is 2.83. The predicted octanol–water partition coefficient (Wildman–Crippen LogP) is 0.407. The standard InChI is InChI=1S/C10H21N3O/c11-10(12)2-1-5-13-6-3-9(8-13)4-7-14/h9,14H,1-8H2,(H3,11,12). The molecule has 1 unspecified atom stereocenters. The van der Waals surface area contributed by atoms with Crippen LogP contribution in [0.3, 0.4) is 0 Å². The first-order chi connectivity index (χ1) is 6.72. The molecule has 14 heavy (non-hydrogen) atoms. The van der Waals surface area contributed by atoms with Gasteiger partial charge in [-0.1, -0.05) is 0 Å². The zero-order valence-corrected chi connectivity index (χ0v) is 8.71. The van der Waals surface area contributed by atoms with E-state index < -0.39 is 0 Å². The normalized spacial score (nSPS) is 22.8. The van der Waals surface area contributed by atoms with Crippen LogP contribution in [0.5, 0.6) is 0 Å². The number of rotatable bonds is 6. The van der Waals surface area contributed by atoms with Crippen molar-refractivity contribution >= 4 is 5.84 Å². The van der Waals surface area contributed by atoms with E-state index in [9.17, 15) is 0 Å². The minimum Gasteiger partial charge on any atom is -0.396 e. The zero-order chi connectivity index (χ0) is 10.4. The first-order valence-electron chi connectivity index (χ1n) is 5.38. The number of nitrogens with zero attached hydrogens (tertiary/aromatic N) is 1. The van der Waals surface area contributed by atoms with E-state index in [2.05, 4.69) is 4.90 Å². The van der Waals surface area contributed by atoms with Gasteiger partial charge in [0.2, 0.25) is 0 Å². The highest BCUT2D eigenvalue weighted by Crippen LogP contribution is 2.19. The van der Waals surface area contributed by atoms with Crippen LogP contribution >= 0.6 is 0 Å². The maximum Gasteiger partial charge on any atom is 0.0905 e. The lowest BCUT2D eigenvalue weighted by atomic mass is 10.1. The maximum absolute atomic E-state index is 8.80. The third-order valence-corrected chi connectivity index (χ3v) is 2.83. The van der Waals surface area contributed by atoms with Crippen LogP contribution < -0.4 is 5.73 Å². The summed E-state index contributed by atoms with van der Waals surface area (Å²) < 4.78 is 0. The highest BCUT2D eigenvalue weighted by atomic mass is 16.3. The Morgan fingerprint density at radius 2 is 2.36 bits per heavy atom. The Morgan fingerprint density at radius 1 is 1.57 bits per heavy atom. The molecule has 0 spiro atoms. The molecule has 1 aliphatic heterocycles. The maximum atomic E-state index is 8.80. The van der Waals surface area contributed by atoms with Crippen molar-refractivity contribution in [2.24, 2.45) is 11.7 Å². The first-order valence-corrected chi connectivity index (χ1v) is 5.38. The fourth-order valence-electron chi connectivity index (χ4n) is 2.03. The quantitative estimate of drug-likeness (QED) is 0.428. The van der Waals surface area contributed by atoms with E-state index in [0.29, 0.717) is 18.9 Å². The van der Waals surface area contributed by atoms with Gasteiger partial charge in [-0.2, -0.15) is 0 Å². The molecule has 0 radical (unpaired) electrons. The molecule has 0 aromatic heterocycles. The lowest BCUT2D eigenvalue weighted by Crippen LogP contribution is -2.23. The lowest BCUT2D eigenvalue weighted by molar-refractivity contribution is 0.250. The fraction of sp³-hybridized carbons (Fsp3) is 0.900. The smallest absolute Gasteiger partial charge is 0.0905 e. The number of nitrogens with two attached hydrogens (primary N) is 1. The average Bonchev–Trinajstić information content (AvgIpc) is 2.53. The van der Waals surface area contributed by atoms with Crippen LogP contribution in [0.2, 0.25) is 0 Å². The van der Waals surface area contributed by atoms with Crippen LogP contribution in [0, 0.1) is 11.3 Å². The molecule has 4 nitrogen and oxygen atoms in total. The minimum absolute atomic E-state index is 0.288. The van der Waals surface area contributed by atoms with Crippen LogP contribution in [0.15, 0.2) is 0 Å². The van der Waals surface area contributed by atoms with Crippen molar-refractivity contribution in [3.8, 4) is 0 Å². The summed E-state index contributed by atoms with van der Waals surface area (Å²) in [5.74, 6) is 0.966. The van der Waals surface area contributed by atoms with Crippen molar-refractivity contribution in [2.75, 3.05) is 26.2 Å². The topological polar surface area (TPSA) is 73.3 Å². The summed E-state index contributed by atoms with van der Waals surface area (Å²) in [4.78, 5) is 2.41. The van der Waals surface area contributed by atoms with Crippen LogP contribution in [0.1, 0.15) is 25.7 Å². The van der Waals surface area contributed by atoms with Gasteiger partial charge >= 0.3 is 0 Å². The molecule has 4 N–H and O–H groups in total.